The number of carbonyl (C=O) groups excluding carboxylic acids is 1. The Hall–Kier alpha value is -3.05. The number of aromatic nitrogens is 6. The van der Waals surface area contributed by atoms with Crippen LogP contribution in [0, 0.1) is 13.8 Å². The van der Waals surface area contributed by atoms with Crippen LogP contribution in [0.3, 0.4) is 0 Å². The van der Waals surface area contributed by atoms with Gasteiger partial charge in [0.25, 0.3) is 5.78 Å². The zero-order valence-corrected chi connectivity index (χ0v) is 17.1. The normalized spacial score (nSPS) is 11.0. The molecule has 0 fully saturated rings. The Kier molecular flexibility index (Phi) is 6.39. The molecule has 11 nitrogen and oxygen atoms in total. The number of amides is 1. The number of nitrogens with zero attached hydrogens (tertiary/aromatic N) is 6. The maximum atomic E-state index is 12.3. The number of hydrazine groups is 1. The Morgan fingerprint density at radius 3 is 2.83 bits per heavy atom. The summed E-state index contributed by atoms with van der Waals surface area (Å²) >= 11 is 5.98. The molecule has 4 N–H and O–H groups in total. The SMILES string of the molecule is CCOCc1nc(Cl)cc(NNC(=O)CCc2c(C)nc3nc(N)nn3c2C)n1. The fourth-order valence-electron chi connectivity index (χ4n) is 2.81. The fourth-order valence-corrected chi connectivity index (χ4v) is 3.01. The van der Waals surface area contributed by atoms with Crippen molar-refractivity contribution in [1.82, 2.24) is 35.0 Å². The first-order valence-corrected chi connectivity index (χ1v) is 9.39. The van der Waals surface area contributed by atoms with Gasteiger partial charge in [-0.15, -0.1) is 5.10 Å². The van der Waals surface area contributed by atoms with Gasteiger partial charge < -0.3 is 10.5 Å². The maximum absolute atomic E-state index is 12.3. The highest BCUT2D eigenvalue weighted by atomic mass is 35.5. The van der Waals surface area contributed by atoms with Gasteiger partial charge in [-0.2, -0.15) is 9.50 Å². The van der Waals surface area contributed by atoms with E-state index in [0.717, 1.165) is 17.0 Å². The minimum Gasteiger partial charge on any atom is -0.374 e. The molecule has 0 aliphatic carbocycles. The van der Waals surface area contributed by atoms with E-state index in [0.29, 0.717) is 30.4 Å². The number of nitrogens with one attached hydrogen (secondary N) is 2. The van der Waals surface area contributed by atoms with Crippen molar-refractivity contribution in [3.05, 3.63) is 34.0 Å². The second-order valence-electron chi connectivity index (χ2n) is 6.25. The van der Waals surface area contributed by atoms with Gasteiger partial charge in [0.05, 0.1) is 0 Å². The molecule has 0 saturated carbocycles. The van der Waals surface area contributed by atoms with Crippen molar-refractivity contribution < 1.29 is 9.53 Å². The van der Waals surface area contributed by atoms with E-state index in [2.05, 4.69) is 35.9 Å². The summed E-state index contributed by atoms with van der Waals surface area (Å²) in [7, 11) is 0. The van der Waals surface area contributed by atoms with Crippen LogP contribution in [0.2, 0.25) is 5.15 Å². The second-order valence-corrected chi connectivity index (χ2v) is 6.63. The molecule has 12 heteroatoms. The molecule has 0 spiro atoms. The van der Waals surface area contributed by atoms with E-state index in [1.54, 1.807) is 4.52 Å². The summed E-state index contributed by atoms with van der Waals surface area (Å²) in [5.41, 5.74) is 13.5. The predicted octanol–water partition coefficient (Wildman–Crippen LogP) is 1.38. The number of aryl methyl sites for hydroxylation is 2. The number of hydrogen-bond donors (Lipinski definition) is 3. The zero-order valence-electron chi connectivity index (χ0n) is 16.4. The smallest absolute Gasteiger partial charge is 0.254 e. The van der Waals surface area contributed by atoms with Crippen LogP contribution in [0.25, 0.3) is 5.78 Å². The van der Waals surface area contributed by atoms with Crippen LogP contribution >= 0.6 is 11.6 Å². The number of anilines is 2. The molecule has 3 aromatic rings. The molecular formula is C17H22ClN9O2. The third-order valence-corrected chi connectivity index (χ3v) is 4.37. The van der Waals surface area contributed by atoms with E-state index < -0.39 is 0 Å². The zero-order chi connectivity index (χ0) is 21.0. The maximum Gasteiger partial charge on any atom is 0.254 e. The van der Waals surface area contributed by atoms with Crippen molar-refractivity contribution in [3.8, 4) is 0 Å². The molecule has 0 atom stereocenters. The van der Waals surface area contributed by atoms with Crippen molar-refractivity contribution >= 4 is 35.1 Å². The van der Waals surface area contributed by atoms with Crippen LogP contribution in [-0.2, 0) is 22.6 Å². The number of carbonyl (C=O) groups is 1. The Balaban J connectivity index is 1.61. The van der Waals surface area contributed by atoms with E-state index in [1.807, 2.05) is 20.8 Å². The van der Waals surface area contributed by atoms with Gasteiger partial charge in [-0.1, -0.05) is 11.6 Å². The van der Waals surface area contributed by atoms with Crippen LogP contribution < -0.4 is 16.6 Å². The van der Waals surface area contributed by atoms with Gasteiger partial charge in [0.15, 0.2) is 5.82 Å². The molecule has 3 rings (SSSR count). The van der Waals surface area contributed by atoms with Gasteiger partial charge in [-0.3, -0.25) is 15.6 Å². The largest absolute Gasteiger partial charge is 0.374 e. The third-order valence-electron chi connectivity index (χ3n) is 4.17. The Morgan fingerprint density at radius 1 is 1.28 bits per heavy atom. The van der Waals surface area contributed by atoms with Crippen molar-refractivity contribution in [2.45, 2.75) is 40.2 Å². The molecule has 154 valence electrons. The molecule has 3 heterocycles. The molecule has 0 aliphatic rings. The standard InChI is InChI=1S/C17H22ClN9O2/c1-4-29-8-14-21-12(18)7-13(22-14)24-25-15(28)6-5-11-9(2)20-17-23-16(19)26-27(17)10(11)3/h7H,4-6,8H2,1-3H3,(H2,19,26)(H,25,28)(H,21,22,24). The number of ether oxygens (including phenoxy) is 1. The first kappa shape index (κ1) is 20.7. The highest BCUT2D eigenvalue weighted by molar-refractivity contribution is 6.29. The minimum absolute atomic E-state index is 0.159. The van der Waals surface area contributed by atoms with Crippen LogP contribution in [0.5, 0.6) is 0 Å². The number of halogens is 1. The number of fused-ring (bicyclic) bond motifs is 1. The average Bonchev–Trinajstić information content (AvgIpc) is 3.04. The topological polar surface area (TPSA) is 145 Å². The molecule has 0 aliphatic heterocycles. The van der Waals surface area contributed by atoms with E-state index in [-0.39, 0.29) is 30.0 Å². The van der Waals surface area contributed by atoms with Crippen LogP contribution in [0.4, 0.5) is 11.8 Å². The number of nitrogens with two attached hydrogens (primary N) is 1. The summed E-state index contributed by atoms with van der Waals surface area (Å²) in [6.07, 6.45) is 0.713. The molecule has 29 heavy (non-hydrogen) atoms. The summed E-state index contributed by atoms with van der Waals surface area (Å²) in [5.74, 6) is 1.18. The molecule has 0 unspecified atom stereocenters. The van der Waals surface area contributed by atoms with Gasteiger partial charge in [0.1, 0.15) is 17.6 Å². The molecule has 0 bridgehead atoms. The summed E-state index contributed by atoms with van der Waals surface area (Å²) in [5, 5.41) is 4.38. The summed E-state index contributed by atoms with van der Waals surface area (Å²) in [6.45, 7) is 6.41. The predicted molar refractivity (Wildman–Crippen MR) is 107 cm³/mol. The average molecular weight is 420 g/mol. The Bertz CT molecular complexity index is 1040. The molecule has 1 amide bonds. The quantitative estimate of drug-likeness (QED) is 0.364. The Labute approximate surface area is 172 Å². The number of hydrogen-bond acceptors (Lipinski definition) is 9. The molecular weight excluding hydrogens is 398 g/mol. The van der Waals surface area contributed by atoms with Gasteiger partial charge in [-0.05, 0) is 32.8 Å². The van der Waals surface area contributed by atoms with Crippen LogP contribution in [0.15, 0.2) is 6.07 Å². The van der Waals surface area contributed by atoms with Gasteiger partial charge >= 0.3 is 0 Å². The number of rotatable bonds is 8. The first-order valence-electron chi connectivity index (χ1n) is 9.01. The van der Waals surface area contributed by atoms with E-state index in [1.165, 1.54) is 6.07 Å². The fraction of sp³-hybridized carbons (Fsp3) is 0.412. The van der Waals surface area contributed by atoms with E-state index in [9.17, 15) is 4.79 Å². The van der Waals surface area contributed by atoms with E-state index >= 15 is 0 Å². The highest BCUT2D eigenvalue weighted by Crippen LogP contribution is 2.16. The third kappa shape index (κ3) is 5.06. The Morgan fingerprint density at radius 2 is 2.07 bits per heavy atom. The van der Waals surface area contributed by atoms with E-state index in [4.69, 9.17) is 22.1 Å². The van der Waals surface area contributed by atoms with Crippen molar-refractivity contribution in [1.29, 1.82) is 0 Å². The molecule has 0 aromatic carbocycles. The van der Waals surface area contributed by atoms with Crippen LogP contribution in [0.1, 0.15) is 36.1 Å². The highest BCUT2D eigenvalue weighted by Gasteiger charge is 2.14. The summed E-state index contributed by atoms with van der Waals surface area (Å²) in [6, 6.07) is 1.51. The summed E-state index contributed by atoms with van der Waals surface area (Å²) < 4.78 is 6.85. The lowest BCUT2D eigenvalue weighted by Crippen LogP contribution is -2.30. The van der Waals surface area contributed by atoms with Crippen LogP contribution in [-0.4, -0.2) is 42.1 Å². The van der Waals surface area contributed by atoms with Gasteiger partial charge in [0, 0.05) is 30.5 Å². The lowest BCUT2D eigenvalue weighted by molar-refractivity contribution is -0.120. The first-order chi connectivity index (χ1) is 13.9. The van der Waals surface area contributed by atoms with Gasteiger partial charge in [0.2, 0.25) is 11.9 Å². The van der Waals surface area contributed by atoms with Crippen molar-refractivity contribution in [3.63, 3.8) is 0 Å². The van der Waals surface area contributed by atoms with Gasteiger partial charge in [-0.25, -0.2) is 15.0 Å². The monoisotopic (exact) mass is 419 g/mol. The molecule has 0 saturated heterocycles. The van der Waals surface area contributed by atoms with Crippen molar-refractivity contribution in [2.24, 2.45) is 0 Å². The lowest BCUT2D eigenvalue weighted by atomic mass is 10.1. The molecule has 3 aromatic heterocycles. The minimum atomic E-state index is -0.219. The van der Waals surface area contributed by atoms with Crippen molar-refractivity contribution in [2.75, 3.05) is 17.8 Å². The molecule has 0 radical (unpaired) electrons. The number of nitrogen functional groups attached to an aromatic ring is 1. The summed E-state index contributed by atoms with van der Waals surface area (Å²) in [4.78, 5) is 29.0. The lowest BCUT2D eigenvalue weighted by Gasteiger charge is -2.12. The second kappa shape index (κ2) is 8.97.